The zero-order chi connectivity index (χ0) is 17.8. The first-order chi connectivity index (χ1) is 12.1. The summed E-state index contributed by atoms with van der Waals surface area (Å²) in [5.74, 6) is 0.881. The number of benzene rings is 3. The van der Waals surface area contributed by atoms with Crippen LogP contribution in [0.2, 0.25) is 5.02 Å². The van der Waals surface area contributed by atoms with E-state index in [4.69, 9.17) is 16.3 Å². The van der Waals surface area contributed by atoms with Crippen LogP contribution in [0.15, 0.2) is 65.1 Å². The van der Waals surface area contributed by atoms with Crippen LogP contribution in [-0.4, -0.2) is 25.6 Å². The summed E-state index contributed by atoms with van der Waals surface area (Å²) in [5.41, 5.74) is 1.28. The summed E-state index contributed by atoms with van der Waals surface area (Å²) in [6, 6.07) is 20.7. The molecule has 1 atom stereocenters. The second-order valence-electron chi connectivity index (χ2n) is 6.26. The Morgan fingerprint density at radius 3 is 2.42 bits per heavy atom. The van der Waals surface area contributed by atoms with Gasteiger partial charge in [-0.25, -0.2) is 0 Å². The fourth-order valence-corrected chi connectivity index (χ4v) is 3.72. The van der Waals surface area contributed by atoms with Gasteiger partial charge >= 0.3 is 0 Å². The highest BCUT2D eigenvalue weighted by Crippen LogP contribution is 2.32. The zero-order valence-corrected chi connectivity index (χ0v) is 17.9. The normalized spacial score (nSPS) is 12.0. The highest BCUT2D eigenvalue weighted by molar-refractivity contribution is 9.10. The maximum atomic E-state index is 6.28. The average Bonchev–Trinajstić information content (AvgIpc) is 2.60. The van der Waals surface area contributed by atoms with Crippen molar-refractivity contribution < 1.29 is 4.74 Å². The fourth-order valence-electron chi connectivity index (χ4n) is 3.08. The Labute approximate surface area is 174 Å². The molecular weight excluding hydrogens is 433 g/mol. The highest BCUT2D eigenvalue weighted by atomic mass is 79.9. The lowest BCUT2D eigenvalue weighted by Crippen LogP contribution is -2.22. The van der Waals surface area contributed by atoms with Crippen LogP contribution in [-0.2, 0) is 0 Å². The summed E-state index contributed by atoms with van der Waals surface area (Å²) in [6.07, 6.45) is 0.903. The standard InChI is InChI=1S/C21H21BrClNO.ClH/c1-24(2)20(15-6-5-7-16(22)14-15)12-13-25-21-11-10-19(23)17-8-3-4-9-18(17)21;/h3-11,14,20H,12-13H2,1-2H3;1H. The molecule has 0 saturated heterocycles. The monoisotopic (exact) mass is 453 g/mol. The number of fused-ring (bicyclic) bond motifs is 1. The van der Waals surface area contributed by atoms with Gasteiger partial charge in [0.25, 0.3) is 0 Å². The molecule has 138 valence electrons. The van der Waals surface area contributed by atoms with Gasteiger partial charge in [0.05, 0.1) is 6.61 Å². The van der Waals surface area contributed by atoms with E-state index >= 15 is 0 Å². The van der Waals surface area contributed by atoms with Crippen molar-refractivity contribution in [2.45, 2.75) is 12.5 Å². The molecule has 0 fully saturated rings. The third-order valence-corrected chi connectivity index (χ3v) is 5.16. The van der Waals surface area contributed by atoms with Crippen molar-refractivity contribution in [1.82, 2.24) is 4.90 Å². The lowest BCUT2D eigenvalue weighted by Gasteiger charge is -2.25. The quantitative estimate of drug-likeness (QED) is 0.408. The Bertz CT molecular complexity index is 870. The van der Waals surface area contributed by atoms with Crippen LogP contribution in [0.3, 0.4) is 0 Å². The van der Waals surface area contributed by atoms with Crippen LogP contribution in [0.25, 0.3) is 10.8 Å². The predicted molar refractivity (Wildman–Crippen MR) is 117 cm³/mol. The van der Waals surface area contributed by atoms with Gasteiger partial charge in [0, 0.05) is 32.7 Å². The Hall–Kier alpha value is -1.26. The second kappa shape index (κ2) is 9.61. The SMILES string of the molecule is CN(C)C(CCOc1ccc(Cl)c2ccccc12)c1cccc(Br)c1.Cl. The Kier molecular flexibility index (Phi) is 7.78. The third-order valence-electron chi connectivity index (χ3n) is 4.34. The molecule has 26 heavy (non-hydrogen) atoms. The molecule has 3 rings (SSSR count). The number of hydrogen-bond acceptors (Lipinski definition) is 2. The van der Waals surface area contributed by atoms with Gasteiger partial charge in [-0.15, -0.1) is 12.4 Å². The van der Waals surface area contributed by atoms with Crippen molar-refractivity contribution in [3.05, 3.63) is 75.7 Å². The minimum Gasteiger partial charge on any atom is -0.493 e. The van der Waals surface area contributed by atoms with E-state index in [1.54, 1.807) is 0 Å². The van der Waals surface area contributed by atoms with E-state index < -0.39 is 0 Å². The first-order valence-corrected chi connectivity index (χ1v) is 9.45. The summed E-state index contributed by atoms with van der Waals surface area (Å²) in [5, 5.41) is 2.83. The van der Waals surface area contributed by atoms with E-state index in [1.807, 2.05) is 42.5 Å². The van der Waals surface area contributed by atoms with E-state index in [9.17, 15) is 0 Å². The van der Waals surface area contributed by atoms with Gasteiger partial charge in [0.1, 0.15) is 5.75 Å². The summed E-state index contributed by atoms with van der Waals surface area (Å²) in [7, 11) is 4.20. The minimum absolute atomic E-state index is 0. The van der Waals surface area contributed by atoms with E-state index in [2.05, 4.69) is 53.1 Å². The van der Waals surface area contributed by atoms with E-state index in [0.717, 1.165) is 32.4 Å². The molecule has 0 aliphatic rings. The van der Waals surface area contributed by atoms with E-state index in [1.165, 1.54) is 5.56 Å². The van der Waals surface area contributed by atoms with Crippen LogP contribution in [0, 0.1) is 0 Å². The van der Waals surface area contributed by atoms with Crippen molar-refractivity contribution >= 4 is 50.7 Å². The molecular formula is C21H22BrCl2NO. The molecule has 0 amide bonds. The predicted octanol–water partition coefficient (Wildman–Crippen LogP) is 6.75. The number of rotatable bonds is 6. The van der Waals surface area contributed by atoms with Crippen LogP contribution in [0.1, 0.15) is 18.0 Å². The molecule has 0 radical (unpaired) electrons. The van der Waals surface area contributed by atoms with E-state index in [0.29, 0.717) is 12.6 Å². The topological polar surface area (TPSA) is 12.5 Å². The maximum absolute atomic E-state index is 6.28. The molecule has 0 aliphatic heterocycles. The smallest absolute Gasteiger partial charge is 0.127 e. The number of halogens is 3. The van der Waals surface area contributed by atoms with Crippen molar-refractivity contribution in [1.29, 1.82) is 0 Å². The van der Waals surface area contributed by atoms with Gasteiger partial charge < -0.3 is 9.64 Å². The molecule has 0 N–H and O–H groups in total. The number of hydrogen-bond donors (Lipinski definition) is 0. The fraction of sp³-hybridized carbons (Fsp3) is 0.238. The Morgan fingerprint density at radius 2 is 1.73 bits per heavy atom. The molecule has 2 nitrogen and oxygen atoms in total. The van der Waals surface area contributed by atoms with Crippen LogP contribution in [0.4, 0.5) is 0 Å². The largest absolute Gasteiger partial charge is 0.493 e. The molecule has 3 aromatic rings. The van der Waals surface area contributed by atoms with Gasteiger partial charge in [-0.05, 0) is 43.9 Å². The van der Waals surface area contributed by atoms with Gasteiger partial charge in [-0.3, -0.25) is 0 Å². The van der Waals surface area contributed by atoms with Gasteiger partial charge in [0.2, 0.25) is 0 Å². The van der Waals surface area contributed by atoms with Crippen molar-refractivity contribution in [2.75, 3.05) is 20.7 Å². The molecule has 0 heterocycles. The Morgan fingerprint density at radius 1 is 1.00 bits per heavy atom. The summed E-state index contributed by atoms with van der Waals surface area (Å²) in [6.45, 7) is 0.640. The molecule has 3 aromatic carbocycles. The first-order valence-electron chi connectivity index (χ1n) is 8.28. The lowest BCUT2D eigenvalue weighted by molar-refractivity contribution is 0.225. The molecule has 0 saturated carbocycles. The van der Waals surface area contributed by atoms with E-state index in [-0.39, 0.29) is 12.4 Å². The van der Waals surface area contributed by atoms with Gasteiger partial charge in [-0.2, -0.15) is 0 Å². The van der Waals surface area contributed by atoms with Crippen LogP contribution >= 0.6 is 39.9 Å². The van der Waals surface area contributed by atoms with Crippen molar-refractivity contribution in [3.8, 4) is 5.75 Å². The highest BCUT2D eigenvalue weighted by Gasteiger charge is 2.15. The lowest BCUT2D eigenvalue weighted by atomic mass is 10.0. The average molecular weight is 455 g/mol. The van der Waals surface area contributed by atoms with Crippen LogP contribution in [0.5, 0.6) is 5.75 Å². The molecule has 5 heteroatoms. The van der Waals surface area contributed by atoms with Crippen molar-refractivity contribution in [2.24, 2.45) is 0 Å². The molecule has 0 aliphatic carbocycles. The molecule has 0 aromatic heterocycles. The van der Waals surface area contributed by atoms with Gasteiger partial charge in [0.15, 0.2) is 0 Å². The Balaban J connectivity index is 0.00000243. The molecule has 0 spiro atoms. The minimum atomic E-state index is 0. The molecule has 0 bridgehead atoms. The first kappa shape index (κ1) is 21.0. The van der Waals surface area contributed by atoms with Gasteiger partial charge in [-0.1, -0.05) is 63.9 Å². The summed E-state index contributed by atoms with van der Waals surface area (Å²) >= 11 is 9.84. The zero-order valence-electron chi connectivity index (χ0n) is 14.8. The second-order valence-corrected chi connectivity index (χ2v) is 7.59. The third kappa shape index (κ3) is 4.92. The van der Waals surface area contributed by atoms with Crippen molar-refractivity contribution in [3.63, 3.8) is 0 Å². The summed E-state index contributed by atoms with van der Waals surface area (Å²) in [4.78, 5) is 2.23. The number of ether oxygens (including phenoxy) is 1. The van der Waals surface area contributed by atoms with Crippen LogP contribution < -0.4 is 4.74 Å². The molecule has 1 unspecified atom stereocenters. The maximum Gasteiger partial charge on any atom is 0.127 e. The number of nitrogens with zero attached hydrogens (tertiary/aromatic N) is 1. The summed E-state index contributed by atoms with van der Waals surface area (Å²) < 4.78 is 7.21.